The first kappa shape index (κ1) is 22.8. The molecule has 0 aliphatic heterocycles. The molecule has 1 unspecified atom stereocenters. The molecule has 5 N–H and O–H groups in total. The number of aryl methyl sites for hydroxylation is 1. The van der Waals surface area contributed by atoms with Crippen LogP contribution in [-0.2, 0) is 6.42 Å². The number of hydrogen-bond donors (Lipinski definition) is 4. The van der Waals surface area contributed by atoms with E-state index in [1.54, 1.807) is 30.3 Å². The smallest absolute Gasteiger partial charge is 0.248 e. The first-order valence-corrected chi connectivity index (χ1v) is 8.66. The highest BCUT2D eigenvalue weighted by atomic mass is 35.5. The minimum Gasteiger partial charge on any atom is -0.508 e. The van der Waals surface area contributed by atoms with Crippen LogP contribution < -0.4 is 15.8 Å². The number of phenolic OH excluding ortho intramolecular Hbond substituents is 1. The molecule has 0 saturated heterocycles. The minimum absolute atomic E-state index is 0. The molecule has 0 fully saturated rings. The van der Waals surface area contributed by atoms with Crippen LogP contribution in [0.3, 0.4) is 0 Å². The number of nitrogens with two attached hydrogens (primary N) is 1. The molecule has 0 aliphatic rings. The number of halogens is 1. The second kappa shape index (κ2) is 11.4. The lowest BCUT2D eigenvalue weighted by Crippen LogP contribution is -2.36. The number of phenols is 1. The maximum Gasteiger partial charge on any atom is 0.248 e. The lowest BCUT2D eigenvalue weighted by atomic mass is 10.0. The Balaban J connectivity index is 0.00000364. The molecule has 0 aromatic heterocycles. The Morgan fingerprint density at radius 3 is 2.56 bits per heavy atom. The van der Waals surface area contributed by atoms with E-state index < -0.39 is 12.0 Å². The van der Waals surface area contributed by atoms with Gasteiger partial charge in [-0.2, -0.15) is 0 Å². The highest BCUT2D eigenvalue weighted by Crippen LogP contribution is 2.17. The maximum absolute atomic E-state index is 11.1. The quantitative estimate of drug-likeness (QED) is 0.494. The number of aliphatic hydroxyl groups excluding tert-OH is 1. The van der Waals surface area contributed by atoms with Crippen LogP contribution in [0.1, 0.15) is 29.3 Å². The first-order chi connectivity index (χ1) is 12.4. The number of amides is 1. The third kappa shape index (κ3) is 8.30. The largest absolute Gasteiger partial charge is 0.508 e. The van der Waals surface area contributed by atoms with E-state index in [0.717, 1.165) is 18.4 Å². The van der Waals surface area contributed by atoms with Crippen molar-refractivity contribution in [3.8, 4) is 11.5 Å². The van der Waals surface area contributed by atoms with E-state index in [1.165, 1.54) is 6.07 Å². The molecule has 0 spiro atoms. The average Bonchev–Trinajstić information content (AvgIpc) is 2.63. The third-order valence-electron chi connectivity index (χ3n) is 4.07. The van der Waals surface area contributed by atoms with E-state index in [4.69, 9.17) is 10.5 Å². The molecule has 148 valence electrons. The van der Waals surface area contributed by atoms with Crippen molar-refractivity contribution in [3.05, 3.63) is 59.7 Å². The first-order valence-electron chi connectivity index (χ1n) is 8.66. The van der Waals surface area contributed by atoms with Gasteiger partial charge in [0.25, 0.3) is 0 Å². The minimum atomic E-state index is -0.644. The standard InChI is InChI=1S/C20H26N2O4.ClH/c1-14(5-6-15-7-9-16(10-8-15)20(21)25)22-12-18(24)13-26-19-4-2-3-17(23)11-19;/h2-4,7-11,14,18,22-24H,5-6,12-13H2,1H3,(H2,21,25);1H/t14?,18-;/m1./s1. The van der Waals surface area contributed by atoms with E-state index >= 15 is 0 Å². The zero-order chi connectivity index (χ0) is 18.9. The second-order valence-electron chi connectivity index (χ2n) is 6.37. The molecule has 27 heavy (non-hydrogen) atoms. The molecule has 0 radical (unpaired) electrons. The van der Waals surface area contributed by atoms with Gasteiger partial charge in [-0.15, -0.1) is 12.4 Å². The normalized spacial score (nSPS) is 12.7. The fourth-order valence-electron chi connectivity index (χ4n) is 2.48. The molecule has 2 rings (SSSR count). The number of nitrogens with one attached hydrogen (secondary N) is 1. The number of benzene rings is 2. The number of carbonyl (C=O) groups is 1. The Bertz CT molecular complexity index is 709. The summed E-state index contributed by atoms with van der Waals surface area (Å²) in [7, 11) is 0. The molecule has 6 nitrogen and oxygen atoms in total. The number of carbonyl (C=O) groups excluding carboxylic acids is 1. The molecule has 2 aromatic rings. The van der Waals surface area contributed by atoms with Gasteiger partial charge < -0.3 is 26.0 Å². The molecule has 0 bridgehead atoms. The van der Waals surface area contributed by atoms with Gasteiger partial charge in [0.2, 0.25) is 5.91 Å². The van der Waals surface area contributed by atoms with E-state index in [9.17, 15) is 15.0 Å². The fourth-order valence-corrected chi connectivity index (χ4v) is 2.48. The summed E-state index contributed by atoms with van der Waals surface area (Å²) in [4.78, 5) is 11.1. The zero-order valence-corrected chi connectivity index (χ0v) is 16.1. The highest BCUT2D eigenvalue weighted by molar-refractivity contribution is 5.92. The molecule has 2 aromatic carbocycles. The van der Waals surface area contributed by atoms with Crippen molar-refractivity contribution in [2.24, 2.45) is 5.73 Å². The zero-order valence-electron chi connectivity index (χ0n) is 15.3. The summed E-state index contributed by atoms with van der Waals surface area (Å²) in [6.45, 7) is 2.62. The Morgan fingerprint density at radius 1 is 1.22 bits per heavy atom. The molecule has 0 heterocycles. The van der Waals surface area contributed by atoms with Gasteiger partial charge in [0, 0.05) is 24.2 Å². The predicted molar refractivity (Wildman–Crippen MR) is 108 cm³/mol. The third-order valence-corrected chi connectivity index (χ3v) is 4.07. The summed E-state index contributed by atoms with van der Waals surface area (Å²) in [6.07, 6.45) is 1.12. The molecule has 7 heteroatoms. The van der Waals surface area contributed by atoms with Gasteiger partial charge >= 0.3 is 0 Å². The fraction of sp³-hybridized carbons (Fsp3) is 0.350. The lowest BCUT2D eigenvalue weighted by Gasteiger charge is -2.18. The topological polar surface area (TPSA) is 105 Å². The number of ether oxygens (including phenoxy) is 1. The Hall–Kier alpha value is -2.28. The summed E-state index contributed by atoms with van der Waals surface area (Å²) >= 11 is 0. The Labute approximate surface area is 165 Å². The second-order valence-corrected chi connectivity index (χ2v) is 6.37. The maximum atomic E-state index is 11.1. The van der Waals surface area contributed by atoms with Gasteiger partial charge in [0.1, 0.15) is 24.2 Å². The highest BCUT2D eigenvalue weighted by Gasteiger charge is 2.09. The Morgan fingerprint density at radius 2 is 1.93 bits per heavy atom. The van der Waals surface area contributed by atoms with Crippen LogP contribution in [-0.4, -0.2) is 41.4 Å². The summed E-state index contributed by atoms with van der Waals surface area (Å²) in [6, 6.07) is 14.0. The molecular weight excluding hydrogens is 368 g/mol. The van der Waals surface area contributed by atoms with Crippen LogP contribution in [0.4, 0.5) is 0 Å². The van der Waals surface area contributed by atoms with Gasteiger partial charge in [-0.3, -0.25) is 4.79 Å². The number of hydrogen-bond acceptors (Lipinski definition) is 5. The van der Waals surface area contributed by atoms with Crippen LogP contribution in [0.2, 0.25) is 0 Å². The van der Waals surface area contributed by atoms with Gasteiger partial charge in [-0.1, -0.05) is 18.2 Å². The van der Waals surface area contributed by atoms with Crippen molar-refractivity contribution < 1.29 is 19.7 Å². The van der Waals surface area contributed by atoms with Crippen LogP contribution in [0.25, 0.3) is 0 Å². The summed E-state index contributed by atoms with van der Waals surface area (Å²) in [5.74, 6) is 0.234. The number of aromatic hydroxyl groups is 1. The van der Waals surface area contributed by atoms with Gasteiger partial charge in [0.15, 0.2) is 0 Å². The van der Waals surface area contributed by atoms with Crippen molar-refractivity contribution >= 4 is 18.3 Å². The van der Waals surface area contributed by atoms with Crippen molar-refractivity contribution in [2.45, 2.75) is 31.9 Å². The van der Waals surface area contributed by atoms with Crippen molar-refractivity contribution in [1.82, 2.24) is 5.32 Å². The summed E-state index contributed by atoms with van der Waals surface area (Å²) in [5, 5.41) is 22.7. The van der Waals surface area contributed by atoms with E-state index in [2.05, 4.69) is 12.2 Å². The van der Waals surface area contributed by atoms with Crippen LogP contribution in [0.15, 0.2) is 48.5 Å². The van der Waals surface area contributed by atoms with Crippen molar-refractivity contribution in [2.75, 3.05) is 13.2 Å². The predicted octanol–water partition coefficient (Wildman–Crippen LogP) is 2.26. The van der Waals surface area contributed by atoms with Crippen molar-refractivity contribution in [3.63, 3.8) is 0 Å². The van der Waals surface area contributed by atoms with Crippen LogP contribution in [0, 0.1) is 0 Å². The molecule has 0 aliphatic carbocycles. The van der Waals surface area contributed by atoms with Gasteiger partial charge in [-0.05, 0) is 49.6 Å². The number of aliphatic hydroxyl groups is 1. The number of primary amides is 1. The number of rotatable bonds is 10. The van der Waals surface area contributed by atoms with E-state index in [1.807, 2.05) is 12.1 Å². The lowest BCUT2D eigenvalue weighted by molar-refractivity contribution is 0.1000. The van der Waals surface area contributed by atoms with Crippen LogP contribution in [0.5, 0.6) is 11.5 Å². The molecular formula is C20H27ClN2O4. The van der Waals surface area contributed by atoms with E-state index in [0.29, 0.717) is 17.9 Å². The monoisotopic (exact) mass is 394 g/mol. The van der Waals surface area contributed by atoms with E-state index in [-0.39, 0.29) is 30.8 Å². The van der Waals surface area contributed by atoms with Gasteiger partial charge in [0.05, 0.1) is 0 Å². The molecule has 0 saturated carbocycles. The van der Waals surface area contributed by atoms with Crippen LogP contribution >= 0.6 is 12.4 Å². The SMILES string of the molecule is CC(CCc1ccc(C(N)=O)cc1)NC[C@@H](O)COc1cccc(O)c1.Cl. The average molecular weight is 395 g/mol. The summed E-state index contributed by atoms with van der Waals surface area (Å²) < 4.78 is 5.45. The van der Waals surface area contributed by atoms with Gasteiger partial charge in [-0.25, -0.2) is 0 Å². The molecule has 1 amide bonds. The Kier molecular flexibility index (Phi) is 9.64. The van der Waals surface area contributed by atoms with Crippen molar-refractivity contribution in [1.29, 1.82) is 0 Å². The molecule has 2 atom stereocenters. The summed E-state index contributed by atoms with van der Waals surface area (Å²) in [5.41, 5.74) is 6.87.